The highest BCUT2D eigenvalue weighted by atomic mass is 16.5. The van der Waals surface area contributed by atoms with E-state index in [9.17, 15) is 0 Å². The Balaban J connectivity index is 1.98. The maximum atomic E-state index is 5.77. The zero-order chi connectivity index (χ0) is 8.81. The van der Waals surface area contributed by atoms with Crippen LogP contribution in [0, 0.1) is 5.92 Å². The van der Waals surface area contributed by atoms with E-state index < -0.39 is 0 Å². The number of hydrogen-bond donors (Lipinski definition) is 0. The Morgan fingerprint density at radius 1 is 1.17 bits per heavy atom. The monoisotopic (exact) mass is 169 g/mol. The molecule has 12 heavy (non-hydrogen) atoms. The first-order chi connectivity index (χ1) is 5.79. The molecule has 0 aromatic carbocycles. The molecule has 1 heteroatoms. The Morgan fingerprint density at radius 3 is 2.42 bits per heavy atom. The molecule has 1 aliphatic rings. The summed E-state index contributed by atoms with van der Waals surface area (Å²) in [6.45, 7) is 5.28. The highest BCUT2D eigenvalue weighted by Crippen LogP contribution is 2.20. The van der Waals surface area contributed by atoms with Crippen LogP contribution in [-0.2, 0) is 4.74 Å². The summed E-state index contributed by atoms with van der Waals surface area (Å²) in [6, 6.07) is 0. The van der Waals surface area contributed by atoms with E-state index >= 15 is 0 Å². The van der Waals surface area contributed by atoms with E-state index in [0.717, 1.165) is 13.0 Å². The molecule has 0 atom stereocenters. The van der Waals surface area contributed by atoms with E-state index in [2.05, 4.69) is 13.8 Å². The fraction of sp³-hybridized carbons (Fsp3) is 0.909. The van der Waals surface area contributed by atoms with Gasteiger partial charge < -0.3 is 4.74 Å². The predicted molar refractivity (Wildman–Crippen MR) is 52.0 cm³/mol. The highest BCUT2D eigenvalue weighted by molar-refractivity contribution is 4.76. The Bertz CT molecular complexity index is 104. The van der Waals surface area contributed by atoms with E-state index in [4.69, 9.17) is 4.74 Å². The van der Waals surface area contributed by atoms with Crippen LogP contribution in [0.4, 0.5) is 0 Å². The standard InChI is InChI=1S/C11H21O/c1-10(2)8-9-12-11-6-4-3-5-7-11/h11H,3-9H2,1-2H3. The summed E-state index contributed by atoms with van der Waals surface area (Å²) in [4.78, 5) is 0. The lowest BCUT2D eigenvalue weighted by molar-refractivity contribution is 0.0286. The lowest BCUT2D eigenvalue weighted by atomic mass is 9.98. The van der Waals surface area contributed by atoms with Gasteiger partial charge >= 0.3 is 0 Å². The first-order valence-electron chi connectivity index (χ1n) is 5.19. The van der Waals surface area contributed by atoms with Gasteiger partial charge in [0.1, 0.15) is 0 Å². The summed E-state index contributed by atoms with van der Waals surface area (Å²) in [7, 11) is 0. The van der Waals surface area contributed by atoms with Gasteiger partial charge in [0.05, 0.1) is 6.10 Å². The van der Waals surface area contributed by atoms with Crippen LogP contribution in [0.2, 0.25) is 0 Å². The molecule has 0 bridgehead atoms. The van der Waals surface area contributed by atoms with Gasteiger partial charge in [-0.2, -0.15) is 0 Å². The minimum absolute atomic E-state index is 0.582. The van der Waals surface area contributed by atoms with Gasteiger partial charge in [0, 0.05) is 6.61 Å². The third-order valence-electron chi connectivity index (χ3n) is 2.51. The van der Waals surface area contributed by atoms with Gasteiger partial charge in [0.2, 0.25) is 0 Å². The predicted octanol–water partition coefficient (Wildman–Crippen LogP) is 3.34. The third-order valence-corrected chi connectivity index (χ3v) is 2.51. The van der Waals surface area contributed by atoms with Crippen molar-refractivity contribution in [3.8, 4) is 0 Å². The van der Waals surface area contributed by atoms with Gasteiger partial charge in [0.25, 0.3) is 0 Å². The minimum atomic E-state index is 0.582. The SMILES string of the molecule is C[C](C)CCOC1CCCCC1. The second kappa shape index (κ2) is 5.58. The molecular weight excluding hydrogens is 148 g/mol. The molecule has 1 fully saturated rings. The lowest BCUT2D eigenvalue weighted by Gasteiger charge is -2.22. The fourth-order valence-corrected chi connectivity index (χ4v) is 1.66. The van der Waals surface area contributed by atoms with E-state index in [-0.39, 0.29) is 0 Å². The van der Waals surface area contributed by atoms with Crippen LogP contribution in [0.5, 0.6) is 0 Å². The molecule has 0 aromatic heterocycles. The normalized spacial score (nSPS) is 20.2. The number of rotatable bonds is 4. The minimum Gasteiger partial charge on any atom is -0.378 e. The van der Waals surface area contributed by atoms with Crippen molar-refractivity contribution in [3.05, 3.63) is 5.92 Å². The molecule has 0 saturated heterocycles. The largest absolute Gasteiger partial charge is 0.378 e. The molecule has 1 rings (SSSR count). The van der Waals surface area contributed by atoms with E-state index in [1.807, 2.05) is 0 Å². The highest BCUT2D eigenvalue weighted by Gasteiger charge is 2.13. The maximum Gasteiger partial charge on any atom is 0.0575 e. The Labute approximate surface area is 76.5 Å². The van der Waals surface area contributed by atoms with Crippen molar-refractivity contribution >= 4 is 0 Å². The van der Waals surface area contributed by atoms with E-state index in [1.165, 1.54) is 38.0 Å². The van der Waals surface area contributed by atoms with Crippen molar-refractivity contribution in [1.82, 2.24) is 0 Å². The van der Waals surface area contributed by atoms with Crippen LogP contribution in [-0.4, -0.2) is 12.7 Å². The Hall–Kier alpha value is -0.0400. The van der Waals surface area contributed by atoms with Crippen molar-refractivity contribution in [2.75, 3.05) is 6.61 Å². The molecule has 1 aliphatic carbocycles. The van der Waals surface area contributed by atoms with Crippen LogP contribution in [0.25, 0.3) is 0 Å². The first-order valence-corrected chi connectivity index (χ1v) is 5.19. The molecule has 0 spiro atoms. The zero-order valence-electron chi connectivity index (χ0n) is 8.44. The van der Waals surface area contributed by atoms with Crippen LogP contribution in [0.15, 0.2) is 0 Å². The fourth-order valence-electron chi connectivity index (χ4n) is 1.66. The number of hydrogen-bond acceptors (Lipinski definition) is 1. The molecular formula is C11H21O. The molecule has 0 N–H and O–H groups in total. The van der Waals surface area contributed by atoms with Crippen LogP contribution < -0.4 is 0 Å². The summed E-state index contributed by atoms with van der Waals surface area (Å²) in [6.07, 6.45) is 8.47. The third kappa shape index (κ3) is 4.10. The lowest BCUT2D eigenvalue weighted by Crippen LogP contribution is -2.17. The maximum absolute atomic E-state index is 5.77. The molecule has 1 nitrogen and oxygen atoms in total. The second-order valence-electron chi connectivity index (χ2n) is 4.09. The second-order valence-corrected chi connectivity index (χ2v) is 4.09. The Kier molecular flexibility index (Phi) is 4.67. The average molecular weight is 169 g/mol. The Morgan fingerprint density at radius 2 is 1.83 bits per heavy atom. The molecule has 71 valence electrons. The molecule has 0 aliphatic heterocycles. The molecule has 1 radical (unpaired) electrons. The van der Waals surface area contributed by atoms with Crippen LogP contribution >= 0.6 is 0 Å². The van der Waals surface area contributed by atoms with Gasteiger partial charge in [-0.05, 0) is 25.2 Å². The van der Waals surface area contributed by atoms with Crippen LogP contribution in [0.3, 0.4) is 0 Å². The van der Waals surface area contributed by atoms with Gasteiger partial charge in [-0.15, -0.1) is 0 Å². The topological polar surface area (TPSA) is 9.23 Å². The van der Waals surface area contributed by atoms with E-state index in [1.54, 1.807) is 0 Å². The average Bonchev–Trinajstić information content (AvgIpc) is 2.05. The molecule has 0 unspecified atom stereocenters. The van der Waals surface area contributed by atoms with Crippen LogP contribution in [0.1, 0.15) is 52.4 Å². The smallest absolute Gasteiger partial charge is 0.0575 e. The summed E-state index contributed by atoms with van der Waals surface area (Å²) < 4.78 is 5.77. The summed E-state index contributed by atoms with van der Waals surface area (Å²) in [5.74, 6) is 1.48. The van der Waals surface area contributed by atoms with Gasteiger partial charge in [-0.25, -0.2) is 0 Å². The van der Waals surface area contributed by atoms with Crippen molar-refractivity contribution in [2.45, 2.75) is 58.5 Å². The molecule has 0 amide bonds. The van der Waals surface area contributed by atoms with Crippen molar-refractivity contribution < 1.29 is 4.74 Å². The zero-order valence-corrected chi connectivity index (χ0v) is 8.44. The first kappa shape index (κ1) is 10.0. The van der Waals surface area contributed by atoms with Crippen molar-refractivity contribution in [1.29, 1.82) is 0 Å². The quantitative estimate of drug-likeness (QED) is 0.627. The van der Waals surface area contributed by atoms with Gasteiger partial charge in [-0.1, -0.05) is 33.1 Å². The number of ether oxygens (including phenoxy) is 1. The summed E-state index contributed by atoms with van der Waals surface area (Å²) in [5.41, 5.74) is 0. The summed E-state index contributed by atoms with van der Waals surface area (Å²) >= 11 is 0. The van der Waals surface area contributed by atoms with E-state index in [0.29, 0.717) is 6.10 Å². The molecule has 0 aromatic rings. The van der Waals surface area contributed by atoms with Gasteiger partial charge in [-0.3, -0.25) is 0 Å². The van der Waals surface area contributed by atoms with Crippen molar-refractivity contribution in [3.63, 3.8) is 0 Å². The summed E-state index contributed by atoms with van der Waals surface area (Å²) in [5, 5.41) is 0. The molecule has 0 heterocycles. The van der Waals surface area contributed by atoms with Gasteiger partial charge in [0.15, 0.2) is 0 Å². The molecule has 1 saturated carbocycles. The van der Waals surface area contributed by atoms with Crippen molar-refractivity contribution in [2.24, 2.45) is 0 Å².